The maximum Gasteiger partial charge on any atom is 0.319 e. The molecule has 2 rings (SSSR count). The van der Waals surface area contributed by atoms with E-state index in [4.69, 9.17) is 0 Å². The molecule has 0 saturated heterocycles. The van der Waals surface area contributed by atoms with Gasteiger partial charge in [-0.2, -0.15) is 0 Å². The van der Waals surface area contributed by atoms with Crippen LogP contribution in [-0.4, -0.2) is 31.3 Å². The summed E-state index contributed by atoms with van der Waals surface area (Å²) < 4.78 is 0. The Kier molecular flexibility index (Phi) is 6.21. The highest BCUT2D eigenvalue weighted by Gasteiger charge is 2.14. The Morgan fingerprint density at radius 3 is 2.29 bits per heavy atom. The Balaban J connectivity index is 1.83. The fraction of sp³-hybridized carbons (Fsp3) is 0.316. The molecule has 0 aliphatic heterocycles. The van der Waals surface area contributed by atoms with Gasteiger partial charge in [-0.1, -0.05) is 30.3 Å². The molecule has 0 heterocycles. The predicted molar refractivity (Wildman–Crippen MR) is 98.4 cm³/mol. The first-order valence-electron chi connectivity index (χ1n) is 8.03. The number of benzene rings is 2. The van der Waals surface area contributed by atoms with E-state index in [0.717, 1.165) is 16.9 Å². The van der Waals surface area contributed by atoms with Crippen molar-refractivity contribution in [2.45, 2.75) is 25.5 Å². The maximum atomic E-state index is 12.0. The number of rotatable bonds is 6. The molecule has 0 radical (unpaired) electrons. The van der Waals surface area contributed by atoms with E-state index in [2.05, 4.69) is 10.6 Å². The molecule has 0 aromatic heterocycles. The first-order valence-corrected chi connectivity index (χ1v) is 8.03. The Labute approximate surface area is 143 Å². The van der Waals surface area contributed by atoms with Gasteiger partial charge >= 0.3 is 6.03 Å². The molecular formula is C19H25N3O2. The number of amides is 2. The summed E-state index contributed by atoms with van der Waals surface area (Å²) in [6.45, 7) is 1.88. The summed E-state index contributed by atoms with van der Waals surface area (Å²) in [6, 6.07) is 16.6. The zero-order chi connectivity index (χ0) is 17.5. The number of nitrogens with zero attached hydrogens (tertiary/aromatic N) is 1. The van der Waals surface area contributed by atoms with Crippen LogP contribution in [0.25, 0.3) is 0 Å². The van der Waals surface area contributed by atoms with Crippen molar-refractivity contribution in [1.29, 1.82) is 0 Å². The minimum absolute atomic E-state index is 0.152. The van der Waals surface area contributed by atoms with E-state index in [1.54, 1.807) is 0 Å². The van der Waals surface area contributed by atoms with Crippen LogP contribution >= 0.6 is 0 Å². The fourth-order valence-electron chi connectivity index (χ4n) is 2.44. The van der Waals surface area contributed by atoms with Gasteiger partial charge in [0.25, 0.3) is 0 Å². The number of urea groups is 1. The largest absolute Gasteiger partial charge is 0.388 e. The van der Waals surface area contributed by atoms with Gasteiger partial charge in [0, 0.05) is 31.5 Å². The van der Waals surface area contributed by atoms with Crippen LogP contribution in [0.15, 0.2) is 54.6 Å². The third-order valence-corrected chi connectivity index (χ3v) is 3.78. The summed E-state index contributed by atoms with van der Waals surface area (Å²) in [5.41, 5.74) is 2.65. The number of nitrogens with one attached hydrogen (secondary N) is 2. The Morgan fingerprint density at radius 2 is 1.71 bits per heavy atom. The van der Waals surface area contributed by atoms with Gasteiger partial charge in [0.15, 0.2) is 0 Å². The standard InChI is InChI=1S/C19H25N3O2/c1-14(13-18(23)15-7-5-4-6-8-15)20-19(24)21-16-9-11-17(12-10-16)22(2)3/h4-12,14,18,23H,13H2,1-3H3,(H2,20,21,24). The number of aliphatic hydroxyl groups is 1. The second-order valence-corrected chi connectivity index (χ2v) is 6.10. The molecule has 0 saturated carbocycles. The molecule has 2 aromatic carbocycles. The predicted octanol–water partition coefficient (Wildman–Crippen LogP) is 3.39. The summed E-state index contributed by atoms with van der Waals surface area (Å²) in [5, 5.41) is 15.8. The molecule has 2 atom stereocenters. The van der Waals surface area contributed by atoms with Crippen molar-refractivity contribution in [3.63, 3.8) is 0 Å². The minimum Gasteiger partial charge on any atom is -0.388 e. The quantitative estimate of drug-likeness (QED) is 0.762. The SMILES string of the molecule is CC(CC(O)c1ccccc1)NC(=O)Nc1ccc(N(C)C)cc1. The fourth-order valence-corrected chi connectivity index (χ4v) is 2.44. The molecule has 128 valence electrons. The molecule has 0 bridgehead atoms. The number of hydrogen-bond donors (Lipinski definition) is 3. The second-order valence-electron chi connectivity index (χ2n) is 6.10. The molecule has 24 heavy (non-hydrogen) atoms. The molecule has 2 amide bonds. The van der Waals surface area contributed by atoms with Gasteiger partial charge in [0.1, 0.15) is 0 Å². The molecule has 5 nitrogen and oxygen atoms in total. The molecule has 3 N–H and O–H groups in total. The monoisotopic (exact) mass is 327 g/mol. The summed E-state index contributed by atoms with van der Waals surface area (Å²) in [6.07, 6.45) is -0.141. The molecule has 5 heteroatoms. The number of aliphatic hydroxyl groups excluding tert-OH is 1. The molecule has 2 aromatic rings. The third-order valence-electron chi connectivity index (χ3n) is 3.78. The van der Waals surface area contributed by atoms with E-state index < -0.39 is 6.10 Å². The Bertz CT molecular complexity index is 641. The molecule has 0 aliphatic rings. The average Bonchev–Trinajstić information content (AvgIpc) is 2.55. The van der Waals surface area contributed by atoms with Crippen molar-refractivity contribution >= 4 is 17.4 Å². The smallest absolute Gasteiger partial charge is 0.319 e. The second kappa shape index (κ2) is 8.36. The normalized spacial score (nSPS) is 13.0. The molecular weight excluding hydrogens is 302 g/mol. The number of carbonyl (C=O) groups is 1. The van der Waals surface area contributed by atoms with Crippen LogP contribution in [0.2, 0.25) is 0 Å². The van der Waals surface area contributed by atoms with Crippen LogP contribution in [0, 0.1) is 0 Å². The van der Waals surface area contributed by atoms with Gasteiger partial charge in [-0.3, -0.25) is 0 Å². The molecule has 2 unspecified atom stereocenters. The zero-order valence-electron chi connectivity index (χ0n) is 14.4. The summed E-state index contributed by atoms with van der Waals surface area (Å²) >= 11 is 0. The minimum atomic E-state index is -0.596. The van der Waals surface area contributed by atoms with Crippen molar-refractivity contribution in [2.24, 2.45) is 0 Å². The first kappa shape index (κ1) is 17.8. The molecule has 0 fully saturated rings. The lowest BCUT2D eigenvalue weighted by Crippen LogP contribution is -2.37. The summed E-state index contributed by atoms with van der Waals surface area (Å²) in [4.78, 5) is 14.0. The molecule has 0 aliphatic carbocycles. The summed E-state index contributed by atoms with van der Waals surface area (Å²) in [7, 11) is 3.93. The van der Waals surface area contributed by atoms with Gasteiger partial charge < -0.3 is 20.6 Å². The van der Waals surface area contributed by atoms with Crippen LogP contribution in [0.1, 0.15) is 25.0 Å². The van der Waals surface area contributed by atoms with Crippen LogP contribution in [0.5, 0.6) is 0 Å². The van der Waals surface area contributed by atoms with E-state index in [0.29, 0.717) is 6.42 Å². The maximum absolute atomic E-state index is 12.0. The lowest BCUT2D eigenvalue weighted by atomic mass is 10.0. The highest BCUT2D eigenvalue weighted by atomic mass is 16.3. The number of hydrogen-bond acceptors (Lipinski definition) is 3. The van der Waals surface area contributed by atoms with Crippen molar-refractivity contribution in [1.82, 2.24) is 5.32 Å². The van der Waals surface area contributed by atoms with Crippen molar-refractivity contribution in [3.8, 4) is 0 Å². The first-order chi connectivity index (χ1) is 11.5. The topological polar surface area (TPSA) is 64.6 Å². The van der Waals surface area contributed by atoms with E-state index in [-0.39, 0.29) is 12.1 Å². The van der Waals surface area contributed by atoms with Gasteiger partial charge in [0.2, 0.25) is 0 Å². The zero-order valence-corrected chi connectivity index (χ0v) is 14.4. The van der Waals surface area contributed by atoms with Crippen LogP contribution < -0.4 is 15.5 Å². The van der Waals surface area contributed by atoms with Gasteiger partial charge in [0.05, 0.1) is 6.10 Å². The van der Waals surface area contributed by atoms with E-state index >= 15 is 0 Å². The molecule has 0 spiro atoms. The van der Waals surface area contributed by atoms with Crippen molar-refractivity contribution in [2.75, 3.05) is 24.3 Å². The van der Waals surface area contributed by atoms with Crippen LogP contribution in [0.3, 0.4) is 0 Å². The van der Waals surface area contributed by atoms with Gasteiger partial charge in [-0.25, -0.2) is 4.79 Å². The lowest BCUT2D eigenvalue weighted by molar-refractivity contribution is 0.155. The van der Waals surface area contributed by atoms with Crippen LogP contribution in [-0.2, 0) is 0 Å². The van der Waals surface area contributed by atoms with E-state index in [1.165, 1.54) is 0 Å². The summed E-state index contributed by atoms with van der Waals surface area (Å²) in [5.74, 6) is 0. The van der Waals surface area contributed by atoms with Gasteiger partial charge in [-0.15, -0.1) is 0 Å². The van der Waals surface area contributed by atoms with Crippen molar-refractivity contribution < 1.29 is 9.90 Å². The van der Waals surface area contributed by atoms with Gasteiger partial charge in [-0.05, 0) is 43.2 Å². The highest BCUT2D eigenvalue weighted by molar-refractivity contribution is 5.89. The number of carbonyl (C=O) groups excluding carboxylic acids is 1. The third kappa shape index (κ3) is 5.28. The lowest BCUT2D eigenvalue weighted by Gasteiger charge is -2.19. The van der Waals surface area contributed by atoms with Crippen LogP contribution in [0.4, 0.5) is 16.2 Å². The van der Waals surface area contributed by atoms with E-state index in [1.807, 2.05) is 80.5 Å². The number of anilines is 2. The Morgan fingerprint density at radius 1 is 1.08 bits per heavy atom. The average molecular weight is 327 g/mol. The van der Waals surface area contributed by atoms with Crippen molar-refractivity contribution in [3.05, 3.63) is 60.2 Å². The Hall–Kier alpha value is -2.53. The van der Waals surface area contributed by atoms with E-state index in [9.17, 15) is 9.90 Å². The highest BCUT2D eigenvalue weighted by Crippen LogP contribution is 2.18.